The van der Waals surface area contributed by atoms with Gasteiger partial charge in [0, 0.05) is 13.2 Å². The largest absolute Gasteiger partial charge is 0.376 e. The smallest absolute Gasteiger partial charge is 0.0598 e. The normalized spacial score (nSPS) is 13.3. The van der Waals surface area contributed by atoms with Crippen LogP contribution in [0.2, 0.25) is 0 Å². The zero-order valence-electron chi connectivity index (χ0n) is 10.7. The Labute approximate surface area is 89.4 Å². The van der Waals surface area contributed by atoms with E-state index < -0.39 is 0 Å². The third-order valence-corrected chi connectivity index (χ3v) is 2.17. The summed E-state index contributed by atoms with van der Waals surface area (Å²) >= 11 is 0. The summed E-state index contributed by atoms with van der Waals surface area (Å²) in [6.45, 7) is 16.0. The van der Waals surface area contributed by atoms with Gasteiger partial charge in [0.2, 0.25) is 0 Å². The van der Waals surface area contributed by atoms with E-state index in [1.807, 2.05) is 0 Å². The monoisotopic (exact) mass is 201 g/mol. The first-order chi connectivity index (χ1) is 6.27. The van der Waals surface area contributed by atoms with Crippen molar-refractivity contribution in [1.82, 2.24) is 5.32 Å². The third kappa shape index (κ3) is 8.52. The molecular weight excluding hydrogens is 174 g/mol. The Kier molecular flexibility index (Phi) is 5.68. The van der Waals surface area contributed by atoms with E-state index >= 15 is 0 Å². The van der Waals surface area contributed by atoms with Crippen molar-refractivity contribution >= 4 is 0 Å². The standard InChI is InChI=1S/C12H27NO/c1-7-13-10-12(5,6)8-9-14-11(2,3)4/h13H,7-10H2,1-6H3. The molecule has 0 saturated carbocycles. The maximum Gasteiger partial charge on any atom is 0.0598 e. The Morgan fingerprint density at radius 3 is 2.07 bits per heavy atom. The summed E-state index contributed by atoms with van der Waals surface area (Å²) in [7, 11) is 0. The van der Waals surface area contributed by atoms with E-state index in [-0.39, 0.29) is 5.60 Å². The molecule has 0 aliphatic rings. The minimum atomic E-state index is -0.00569. The Bertz CT molecular complexity index is 147. The fourth-order valence-electron chi connectivity index (χ4n) is 1.19. The molecule has 2 heteroatoms. The van der Waals surface area contributed by atoms with Gasteiger partial charge in [0.15, 0.2) is 0 Å². The van der Waals surface area contributed by atoms with Crippen LogP contribution < -0.4 is 5.32 Å². The Hall–Kier alpha value is -0.0800. The van der Waals surface area contributed by atoms with Crippen LogP contribution in [0.15, 0.2) is 0 Å². The maximum atomic E-state index is 5.72. The van der Waals surface area contributed by atoms with Crippen LogP contribution >= 0.6 is 0 Å². The molecule has 0 aliphatic carbocycles. The van der Waals surface area contributed by atoms with Crippen molar-refractivity contribution in [3.63, 3.8) is 0 Å². The highest BCUT2D eigenvalue weighted by Gasteiger charge is 2.18. The van der Waals surface area contributed by atoms with Crippen LogP contribution in [0.3, 0.4) is 0 Å². The van der Waals surface area contributed by atoms with Gasteiger partial charge in [-0.15, -0.1) is 0 Å². The molecule has 0 aromatic rings. The van der Waals surface area contributed by atoms with Crippen molar-refractivity contribution in [1.29, 1.82) is 0 Å². The molecule has 14 heavy (non-hydrogen) atoms. The van der Waals surface area contributed by atoms with Gasteiger partial charge in [-0.05, 0) is 39.2 Å². The van der Waals surface area contributed by atoms with Gasteiger partial charge in [0.25, 0.3) is 0 Å². The van der Waals surface area contributed by atoms with E-state index in [4.69, 9.17) is 4.74 Å². The predicted octanol–water partition coefficient (Wildman–Crippen LogP) is 2.83. The molecule has 0 aliphatic heterocycles. The van der Waals surface area contributed by atoms with E-state index in [1.54, 1.807) is 0 Å². The Balaban J connectivity index is 3.65. The topological polar surface area (TPSA) is 21.3 Å². The maximum absolute atomic E-state index is 5.72. The second-order valence-electron chi connectivity index (χ2n) is 5.66. The van der Waals surface area contributed by atoms with Crippen LogP contribution in [0, 0.1) is 5.41 Å². The predicted molar refractivity (Wildman–Crippen MR) is 62.6 cm³/mol. The van der Waals surface area contributed by atoms with Crippen molar-refractivity contribution < 1.29 is 4.74 Å². The first-order valence-corrected chi connectivity index (χ1v) is 5.61. The lowest BCUT2D eigenvalue weighted by Crippen LogP contribution is -2.31. The van der Waals surface area contributed by atoms with Gasteiger partial charge in [-0.25, -0.2) is 0 Å². The van der Waals surface area contributed by atoms with Crippen LogP contribution in [0.1, 0.15) is 48.0 Å². The van der Waals surface area contributed by atoms with Crippen LogP contribution in [0.4, 0.5) is 0 Å². The van der Waals surface area contributed by atoms with Gasteiger partial charge >= 0.3 is 0 Å². The highest BCUT2D eigenvalue weighted by molar-refractivity contribution is 4.71. The summed E-state index contributed by atoms with van der Waals surface area (Å²) in [5, 5.41) is 3.38. The Morgan fingerprint density at radius 2 is 1.64 bits per heavy atom. The summed E-state index contributed by atoms with van der Waals surface area (Å²) < 4.78 is 5.72. The third-order valence-electron chi connectivity index (χ3n) is 2.17. The summed E-state index contributed by atoms with van der Waals surface area (Å²) in [6.07, 6.45) is 1.11. The molecule has 0 aromatic carbocycles. The van der Waals surface area contributed by atoms with Gasteiger partial charge in [-0.3, -0.25) is 0 Å². The number of hydrogen-bond acceptors (Lipinski definition) is 2. The van der Waals surface area contributed by atoms with Crippen molar-refractivity contribution in [3.8, 4) is 0 Å². The van der Waals surface area contributed by atoms with Crippen molar-refractivity contribution in [3.05, 3.63) is 0 Å². The van der Waals surface area contributed by atoms with Gasteiger partial charge in [-0.2, -0.15) is 0 Å². The lowest BCUT2D eigenvalue weighted by atomic mass is 9.89. The zero-order chi connectivity index (χ0) is 11.2. The molecule has 0 fully saturated rings. The highest BCUT2D eigenvalue weighted by atomic mass is 16.5. The molecule has 0 bridgehead atoms. The van der Waals surface area contributed by atoms with Crippen LogP contribution in [-0.2, 0) is 4.74 Å². The minimum Gasteiger partial charge on any atom is -0.376 e. The number of nitrogens with one attached hydrogen (secondary N) is 1. The van der Waals surface area contributed by atoms with Crippen LogP contribution in [0.25, 0.3) is 0 Å². The minimum absolute atomic E-state index is 0.00569. The fraction of sp³-hybridized carbons (Fsp3) is 1.00. The lowest BCUT2D eigenvalue weighted by Gasteiger charge is -2.27. The van der Waals surface area contributed by atoms with Crippen molar-refractivity contribution in [2.75, 3.05) is 19.7 Å². The second kappa shape index (κ2) is 5.72. The van der Waals surface area contributed by atoms with E-state index in [1.165, 1.54) is 0 Å². The van der Waals surface area contributed by atoms with Gasteiger partial charge in [0.1, 0.15) is 0 Å². The quantitative estimate of drug-likeness (QED) is 0.713. The summed E-state index contributed by atoms with van der Waals surface area (Å²) in [4.78, 5) is 0. The average molecular weight is 201 g/mol. The summed E-state index contributed by atoms with van der Waals surface area (Å²) in [6, 6.07) is 0. The molecule has 0 saturated heterocycles. The first kappa shape index (κ1) is 13.9. The van der Waals surface area contributed by atoms with E-state index in [9.17, 15) is 0 Å². The molecule has 0 unspecified atom stereocenters. The highest BCUT2D eigenvalue weighted by Crippen LogP contribution is 2.20. The number of rotatable bonds is 6. The Morgan fingerprint density at radius 1 is 1.07 bits per heavy atom. The molecule has 0 aromatic heterocycles. The molecular formula is C12H27NO. The second-order valence-corrected chi connectivity index (χ2v) is 5.66. The molecule has 86 valence electrons. The van der Waals surface area contributed by atoms with Gasteiger partial charge in [0.05, 0.1) is 5.60 Å². The van der Waals surface area contributed by atoms with E-state index in [0.717, 1.165) is 26.1 Å². The SMILES string of the molecule is CCNCC(C)(C)CCOC(C)(C)C. The molecule has 2 nitrogen and oxygen atoms in total. The first-order valence-electron chi connectivity index (χ1n) is 5.61. The molecule has 0 spiro atoms. The van der Waals surface area contributed by atoms with Gasteiger partial charge in [-0.1, -0.05) is 20.8 Å². The van der Waals surface area contributed by atoms with Crippen molar-refractivity contribution in [2.45, 2.75) is 53.6 Å². The molecule has 0 heterocycles. The molecule has 0 amide bonds. The van der Waals surface area contributed by atoms with Crippen LogP contribution in [0.5, 0.6) is 0 Å². The summed E-state index contributed by atoms with van der Waals surface area (Å²) in [5.74, 6) is 0. The fourth-order valence-corrected chi connectivity index (χ4v) is 1.19. The van der Waals surface area contributed by atoms with E-state index in [0.29, 0.717) is 5.41 Å². The molecule has 0 rings (SSSR count). The average Bonchev–Trinajstić information content (AvgIpc) is 1.98. The lowest BCUT2D eigenvalue weighted by molar-refractivity contribution is -0.0153. The number of ether oxygens (including phenoxy) is 1. The molecule has 1 N–H and O–H groups in total. The van der Waals surface area contributed by atoms with E-state index in [2.05, 4.69) is 46.9 Å². The molecule has 0 radical (unpaired) electrons. The number of hydrogen-bond donors (Lipinski definition) is 1. The van der Waals surface area contributed by atoms with Crippen molar-refractivity contribution in [2.24, 2.45) is 5.41 Å². The summed E-state index contributed by atoms with van der Waals surface area (Å²) in [5.41, 5.74) is 0.329. The van der Waals surface area contributed by atoms with Gasteiger partial charge < -0.3 is 10.1 Å². The molecule has 0 atom stereocenters. The zero-order valence-corrected chi connectivity index (χ0v) is 10.7. The van der Waals surface area contributed by atoms with Crippen LogP contribution in [-0.4, -0.2) is 25.3 Å².